The Morgan fingerprint density at radius 1 is 0.500 bits per heavy atom. The van der Waals surface area contributed by atoms with Gasteiger partial charge in [-0.05, 0) is 79.9 Å². The first-order valence-electron chi connectivity index (χ1n) is 15.5. The zero-order chi connectivity index (χ0) is 30.9. The van der Waals surface area contributed by atoms with Crippen molar-refractivity contribution in [2.24, 2.45) is 0 Å². The number of nitriles is 1. The summed E-state index contributed by atoms with van der Waals surface area (Å²) in [5.74, 6) is 0. The van der Waals surface area contributed by atoms with E-state index in [2.05, 4.69) is 168 Å². The van der Waals surface area contributed by atoms with Crippen LogP contribution in [0.3, 0.4) is 0 Å². The van der Waals surface area contributed by atoms with E-state index in [0.717, 1.165) is 27.9 Å². The molecule has 3 nitrogen and oxygen atoms in total. The van der Waals surface area contributed by atoms with Gasteiger partial charge in [0.15, 0.2) is 8.07 Å². The van der Waals surface area contributed by atoms with Gasteiger partial charge in [-0.2, -0.15) is 5.26 Å². The number of rotatable bonds is 5. The molecule has 1 aliphatic rings. The van der Waals surface area contributed by atoms with Crippen LogP contribution in [0.25, 0.3) is 22.3 Å². The Labute approximate surface area is 270 Å². The van der Waals surface area contributed by atoms with E-state index in [1.165, 1.54) is 32.1 Å². The first kappa shape index (κ1) is 27.5. The van der Waals surface area contributed by atoms with Crippen LogP contribution >= 0.6 is 0 Å². The summed E-state index contributed by atoms with van der Waals surface area (Å²) in [7, 11) is -2.66. The SMILES string of the molecule is N#Cc1ncccc1-c1cccc(-c2cccc(N3c4ccccc4[Si](c4ccccc4)(c4ccccc4)c4ccccc43)c2)c1. The van der Waals surface area contributed by atoms with E-state index in [9.17, 15) is 5.26 Å². The van der Waals surface area contributed by atoms with Gasteiger partial charge in [-0.1, -0.05) is 127 Å². The fraction of sp³-hybridized carbons (Fsp3) is 0. The van der Waals surface area contributed by atoms with Crippen molar-refractivity contribution in [1.29, 1.82) is 5.26 Å². The molecule has 2 heterocycles. The number of fused-ring (bicyclic) bond motifs is 2. The summed E-state index contributed by atoms with van der Waals surface area (Å²) >= 11 is 0. The quantitative estimate of drug-likeness (QED) is 0.192. The zero-order valence-corrected chi connectivity index (χ0v) is 26.1. The predicted octanol–water partition coefficient (Wildman–Crippen LogP) is 7.45. The van der Waals surface area contributed by atoms with Crippen LogP contribution in [0.2, 0.25) is 0 Å². The molecule has 216 valence electrons. The van der Waals surface area contributed by atoms with Crippen molar-refractivity contribution in [2.45, 2.75) is 0 Å². The van der Waals surface area contributed by atoms with Gasteiger partial charge in [0.05, 0.1) is 0 Å². The highest BCUT2D eigenvalue weighted by Crippen LogP contribution is 2.40. The molecule has 0 spiro atoms. The molecule has 0 aliphatic carbocycles. The average molecular weight is 604 g/mol. The molecule has 0 unspecified atom stereocenters. The standard InChI is InChI=1S/C42H29N3Si/c43-30-38-37(22-13-27-44-38)33-16-11-14-31(28-33)32-15-12-17-34(29-32)45-39-23-7-9-25-41(39)46(35-18-3-1-4-19-35,36-20-5-2-6-21-36)42-26-10-8-24-40(42)45/h1-29H. The van der Waals surface area contributed by atoms with Crippen LogP contribution in [-0.2, 0) is 0 Å². The summed E-state index contributed by atoms with van der Waals surface area (Å²) < 4.78 is 0. The largest absolute Gasteiger partial charge is 0.311 e. The summed E-state index contributed by atoms with van der Waals surface area (Å²) in [5, 5.41) is 15.2. The zero-order valence-electron chi connectivity index (χ0n) is 25.1. The van der Waals surface area contributed by atoms with Crippen LogP contribution in [0.1, 0.15) is 5.69 Å². The lowest BCUT2D eigenvalue weighted by Crippen LogP contribution is -2.77. The molecule has 6 aromatic carbocycles. The Hall–Kier alpha value is -6.02. The minimum atomic E-state index is -2.66. The fourth-order valence-corrected chi connectivity index (χ4v) is 12.2. The molecule has 7 aromatic rings. The second kappa shape index (κ2) is 11.5. The predicted molar refractivity (Wildman–Crippen MR) is 192 cm³/mol. The van der Waals surface area contributed by atoms with Crippen molar-refractivity contribution < 1.29 is 0 Å². The van der Waals surface area contributed by atoms with E-state index in [1.807, 2.05) is 18.2 Å². The molecule has 8 rings (SSSR count). The normalized spacial score (nSPS) is 12.9. The molecule has 1 aliphatic heterocycles. The maximum atomic E-state index is 9.67. The second-order valence-corrected chi connectivity index (χ2v) is 15.2. The highest BCUT2D eigenvalue weighted by Gasteiger charge is 2.48. The number of hydrogen-bond acceptors (Lipinski definition) is 3. The summed E-state index contributed by atoms with van der Waals surface area (Å²) in [4.78, 5) is 6.72. The molecule has 0 fully saturated rings. The van der Waals surface area contributed by atoms with Gasteiger partial charge in [0.25, 0.3) is 0 Å². The van der Waals surface area contributed by atoms with Gasteiger partial charge in [-0.15, -0.1) is 0 Å². The van der Waals surface area contributed by atoms with Gasteiger partial charge < -0.3 is 4.90 Å². The van der Waals surface area contributed by atoms with E-state index in [-0.39, 0.29) is 0 Å². The van der Waals surface area contributed by atoms with Gasteiger partial charge in [-0.25, -0.2) is 4.98 Å². The molecule has 1 aromatic heterocycles. The number of anilines is 3. The summed E-state index contributed by atoms with van der Waals surface area (Å²) in [6.07, 6.45) is 1.66. The lowest BCUT2D eigenvalue weighted by molar-refractivity contribution is 1.26. The Kier molecular flexibility index (Phi) is 6.87. The van der Waals surface area contributed by atoms with Gasteiger partial charge in [0, 0.05) is 28.8 Å². The molecule has 46 heavy (non-hydrogen) atoms. The number of nitrogens with zero attached hydrogens (tertiary/aromatic N) is 3. The van der Waals surface area contributed by atoms with Crippen LogP contribution in [-0.4, -0.2) is 13.1 Å². The highest BCUT2D eigenvalue weighted by molar-refractivity contribution is 7.21. The molecular weight excluding hydrogens is 575 g/mol. The number of hydrogen-bond donors (Lipinski definition) is 0. The third-order valence-electron chi connectivity index (χ3n) is 9.04. The average Bonchev–Trinajstić information content (AvgIpc) is 3.14. The maximum absolute atomic E-state index is 9.67. The van der Waals surface area contributed by atoms with Gasteiger partial charge >= 0.3 is 0 Å². The summed E-state index contributed by atoms with van der Waals surface area (Å²) in [6, 6.07) is 63.3. The van der Waals surface area contributed by atoms with E-state index < -0.39 is 8.07 Å². The van der Waals surface area contributed by atoms with Crippen LogP contribution < -0.4 is 25.6 Å². The molecule has 0 radical (unpaired) electrons. The smallest absolute Gasteiger partial charge is 0.184 e. The molecule has 0 saturated carbocycles. The molecule has 0 N–H and O–H groups in total. The number of pyridine rings is 1. The molecule has 0 amide bonds. The summed E-state index contributed by atoms with van der Waals surface area (Å²) in [5.41, 5.74) is 7.96. The highest BCUT2D eigenvalue weighted by atomic mass is 28.3. The lowest BCUT2D eigenvalue weighted by Gasteiger charge is -2.45. The van der Waals surface area contributed by atoms with Crippen LogP contribution in [0.4, 0.5) is 17.1 Å². The van der Waals surface area contributed by atoms with Gasteiger partial charge in [0.2, 0.25) is 0 Å². The van der Waals surface area contributed by atoms with Crippen molar-refractivity contribution >= 4 is 45.9 Å². The molecule has 4 heteroatoms. The Morgan fingerprint density at radius 2 is 1.04 bits per heavy atom. The third-order valence-corrected chi connectivity index (χ3v) is 13.9. The molecule has 0 saturated heterocycles. The van der Waals surface area contributed by atoms with Crippen molar-refractivity contribution in [3.05, 3.63) is 182 Å². The number of benzene rings is 6. The van der Waals surface area contributed by atoms with Gasteiger partial charge in [0.1, 0.15) is 11.8 Å². The van der Waals surface area contributed by atoms with Crippen molar-refractivity contribution in [3.63, 3.8) is 0 Å². The Morgan fingerprint density at radius 3 is 1.67 bits per heavy atom. The first-order valence-corrected chi connectivity index (χ1v) is 17.5. The van der Waals surface area contributed by atoms with E-state index in [1.54, 1.807) is 6.20 Å². The maximum Gasteiger partial charge on any atom is 0.184 e. The second-order valence-electron chi connectivity index (χ2n) is 11.5. The van der Waals surface area contributed by atoms with Crippen molar-refractivity contribution in [2.75, 3.05) is 4.90 Å². The minimum absolute atomic E-state index is 0.430. The molecular formula is C42H29N3Si. The van der Waals surface area contributed by atoms with Crippen molar-refractivity contribution in [3.8, 4) is 28.3 Å². The number of aromatic nitrogens is 1. The number of para-hydroxylation sites is 2. The molecule has 0 bridgehead atoms. The van der Waals surface area contributed by atoms with Crippen LogP contribution in [0.15, 0.2) is 176 Å². The third kappa shape index (κ3) is 4.37. The van der Waals surface area contributed by atoms with Crippen LogP contribution in [0, 0.1) is 11.3 Å². The lowest BCUT2D eigenvalue weighted by atomic mass is 9.98. The van der Waals surface area contributed by atoms with E-state index in [0.29, 0.717) is 5.69 Å². The van der Waals surface area contributed by atoms with Crippen molar-refractivity contribution in [1.82, 2.24) is 4.98 Å². The fourth-order valence-electron chi connectivity index (χ4n) is 7.11. The van der Waals surface area contributed by atoms with Gasteiger partial charge in [-0.3, -0.25) is 0 Å². The topological polar surface area (TPSA) is 39.9 Å². The minimum Gasteiger partial charge on any atom is -0.311 e. The Bertz CT molecular complexity index is 2150. The molecule has 0 atom stereocenters. The van der Waals surface area contributed by atoms with E-state index in [4.69, 9.17) is 0 Å². The van der Waals surface area contributed by atoms with E-state index >= 15 is 0 Å². The first-order chi connectivity index (χ1) is 22.8. The van der Waals surface area contributed by atoms with Crippen LogP contribution in [0.5, 0.6) is 0 Å². The summed E-state index contributed by atoms with van der Waals surface area (Å²) in [6.45, 7) is 0. The monoisotopic (exact) mass is 603 g/mol. The Balaban J connectivity index is 1.33.